The van der Waals surface area contributed by atoms with E-state index in [1.165, 1.54) is 11.4 Å². The molecule has 0 bridgehead atoms. The largest absolute Gasteiger partial charge is 0.481 e. The van der Waals surface area contributed by atoms with Gasteiger partial charge >= 0.3 is 5.97 Å². The van der Waals surface area contributed by atoms with Crippen LogP contribution in [-0.4, -0.2) is 56.6 Å². The van der Waals surface area contributed by atoms with E-state index in [2.05, 4.69) is 4.72 Å². The molecule has 8 heteroatoms. The Hall–Kier alpha value is -0.700. The Bertz CT molecular complexity index is 352. The number of nitrogens with zero attached hydrogens (tertiary/aromatic N) is 1. The van der Waals surface area contributed by atoms with E-state index in [0.29, 0.717) is 13.1 Å². The van der Waals surface area contributed by atoms with Crippen LogP contribution in [0.4, 0.5) is 0 Å². The van der Waals surface area contributed by atoms with E-state index in [0.717, 1.165) is 12.8 Å². The molecule has 0 heterocycles. The van der Waals surface area contributed by atoms with Gasteiger partial charge < -0.3 is 9.84 Å². The summed E-state index contributed by atoms with van der Waals surface area (Å²) in [5.74, 6) is -1.02. The average Bonchev–Trinajstić information content (AvgIpc) is 2.33. The van der Waals surface area contributed by atoms with Crippen molar-refractivity contribution in [3.8, 4) is 0 Å². The summed E-state index contributed by atoms with van der Waals surface area (Å²) in [5.41, 5.74) is 0. The molecule has 19 heavy (non-hydrogen) atoms. The number of methoxy groups -OCH3 is 1. The van der Waals surface area contributed by atoms with Gasteiger partial charge in [-0.05, 0) is 12.8 Å². The lowest BCUT2D eigenvalue weighted by atomic mass is 10.2. The minimum Gasteiger partial charge on any atom is -0.481 e. The fraction of sp³-hybridized carbons (Fsp3) is 0.909. The zero-order chi connectivity index (χ0) is 14.9. The maximum atomic E-state index is 12.0. The first-order chi connectivity index (χ1) is 8.87. The van der Waals surface area contributed by atoms with Crippen molar-refractivity contribution in [2.75, 3.05) is 26.7 Å². The first-order valence-corrected chi connectivity index (χ1v) is 7.80. The van der Waals surface area contributed by atoms with E-state index >= 15 is 0 Å². The van der Waals surface area contributed by atoms with Gasteiger partial charge in [-0.3, -0.25) is 4.79 Å². The maximum Gasteiger partial charge on any atom is 0.306 e. The summed E-state index contributed by atoms with van der Waals surface area (Å²) in [7, 11) is -2.22. The van der Waals surface area contributed by atoms with Crippen LogP contribution < -0.4 is 4.72 Å². The predicted molar refractivity (Wildman–Crippen MR) is 72.1 cm³/mol. The fourth-order valence-electron chi connectivity index (χ4n) is 1.57. The topological polar surface area (TPSA) is 95.9 Å². The summed E-state index contributed by atoms with van der Waals surface area (Å²) in [6.07, 6.45) is 0.547. The summed E-state index contributed by atoms with van der Waals surface area (Å²) in [6.45, 7) is 4.65. The van der Waals surface area contributed by atoms with Crippen LogP contribution in [0.25, 0.3) is 0 Å². The Kier molecular flexibility index (Phi) is 8.90. The fourth-order valence-corrected chi connectivity index (χ4v) is 3.00. The Morgan fingerprint density at radius 3 is 2.21 bits per heavy atom. The zero-order valence-electron chi connectivity index (χ0n) is 11.8. The Morgan fingerprint density at radius 2 is 1.84 bits per heavy atom. The number of hydrogen-bond donors (Lipinski definition) is 2. The van der Waals surface area contributed by atoms with E-state index < -0.39 is 22.3 Å². The van der Waals surface area contributed by atoms with Gasteiger partial charge in [0.1, 0.15) is 0 Å². The lowest BCUT2D eigenvalue weighted by Gasteiger charge is -2.22. The first-order valence-electron chi connectivity index (χ1n) is 6.36. The highest BCUT2D eigenvalue weighted by Crippen LogP contribution is 2.03. The van der Waals surface area contributed by atoms with Crippen molar-refractivity contribution in [2.45, 2.75) is 39.2 Å². The van der Waals surface area contributed by atoms with Crippen molar-refractivity contribution in [3.05, 3.63) is 0 Å². The molecule has 0 saturated carbocycles. The Labute approximate surface area is 115 Å². The number of carboxylic acids is 1. The van der Waals surface area contributed by atoms with Crippen LogP contribution in [0.5, 0.6) is 0 Å². The third-order valence-electron chi connectivity index (χ3n) is 2.51. The van der Waals surface area contributed by atoms with Gasteiger partial charge in [0.05, 0.1) is 12.5 Å². The highest BCUT2D eigenvalue weighted by molar-refractivity contribution is 7.87. The molecule has 0 aliphatic heterocycles. The lowest BCUT2D eigenvalue weighted by Crippen LogP contribution is -2.44. The molecule has 1 atom stereocenters. The predicted octanol–water partition coefficient (Wildman–Crippen LogP) is 0.433. The molecule has 0 fully saturated rings. The number of rotatable bonds is 11. The van der Waals surface area contributed by atoms with Crippen molar-refractivity contribution in [1.29, 1.82) is 0 Å². The van der Waals surface area contributed by atoms with Crippen molar-refractivity contribution in [3.63, 3.8) is 0 Å². The van der Waals surface area contributed by atoms with E-state index in [1.54, 1.807) is 0 Å². The smallest absolute Gasteiger partial charge is 0.306 e. The van der Waals surface area contributed by atoms with Gasteiger partial charge in [-0.25, -0.2) is 0 Å². The van der Waals surface area contributed by atoms with Crippen molar-refractivity contribution >= 4 is 16.2 Å². The van der Waals surface area contributed by atoms with Crippen molar-refractivity contribution < 1.29 is 23.1 Å². The second kappa shape index (κ2) is 9.24. The average molecular weight is 296 g/mol. The lowest BCUT2D eigenvalue weighted by molar-refractivity contribution is -0.139. The molecule has 0 spiro atoms. The second-order valence-electron chi connectivity index (χ2n) is 4.21. The third-order valence-corrected chi connectivity index (χ3v) is 4.09. The summed E-state index contributed by atoms with van der Waals surface area (Å²) in [6, 6.07) is 0. The highest BCUT2D eigenvalue weighted by atomic mass is 32.2. The number of carboxylic acid groups (broad SMARTS) is 1. The molecule has 1 unspecified atom stereocenters. The molecule has 0 aromatic rings. The number of hydrogen-bond acceptors (Lipinski definition) is 4. The van der Waals surface area contributed by atoms with E-state index in [9.17, 15) is 13.2 Å². The molecule has 0 rings (SSSR count). The van der Waals surface area contributed by atoms with E-state index in [1.807, 2.05) is 13.8 Å². The van der Waals surface area contributed by atoms with Crippen LogP contribution >= 0.6 is 0 Å². The molecule has 0 aromatic heterocycles. The van der Waals surface area contributed by atoms with Crippen LogP contribution in [0.2, 0.25) is 0 Å². The summed E-state index contributed by atoms with van der Waals surface area (Å²) >= 11 is 0. The van der Waals surface area contributed by atoms with Gasteiger partial charge in [0.2, 0.25) is 0 Å². The summed E-state index contributed by atoms with van der Waals surface area (Å²) < 4.78 is 32.7. The van der Waals surface area contributed by atoms with Gasteiger partial charge in [-0.1, -0.05) is 13.8 Å². The van der Waals surface area contributed by atoms with Crippen LogP contribution in [0.1, 0.15) is 33.1 Å². The summed E-state index contributed by atoms with van der Waals surface area (Å²) in [4.78, 5) is 10.6. The van der Waals surface area contributed by atoms with E-state index in [-0.39, 0.29) is 13.0 Å². The van der Waals surface area contributed by atoms with Crippen LogP contribution in [-0.2, 0) is 19.7 Å². The van der Waals surface area contributed by atoms with Gasteiger partial charge in [0, 0.05) is 26.7 Å². The molecule has 0 aliphatic carbocycles. The Balaban J connectivity index is 4.51. The standard InChI is InChI=1S/C11H24N2O5S/c1-4-6-13(7-5-2)19(16,17)12-9-10(18-3)8-11(14)15/h10,12H,4-9H2,1-3H3,(H,14,15). The number of nitrogens with one attached hydrogen (secondary N) is 1. The zero-order valence-corrected chi connectivity index (χ0v) is 12.6. The monoisotopic (exact) mass is 296 g/mol. The number of aliphatic carboxylic acids is 1. The maximum absolute atomic E-state index is 12.0. The number of ether oxygens (including phenoxy) is 1. The number of carbonyl (C=O) groups is 1. The molecule has 0 amide bonds. The molecule has 0 aliphatic rings. The molecule has 7 nitrogen and oxygen atoms in total. The van der Waals surface area contributed by atoms with Crippen LogP contribution in [0.15, 0.2) is 0 Å². The van der Waals surface area contributed by atoms with Gasteiger partial charge in [0.25, 0.3) is 10.2 Å². The van der Waals surface area contributed by atoms with Crippen LogP contribution in [0.3, 0.4) is 0 Å². The van der Waals surface area contributed by atoms with Crippen molar-refractivity contribution in [2.24, 2.45) is 0 Å². The van der Waals surface area contributed by atoms with Crippen LogP contribution in [0, 0.1) is 0 Å². The van der Waals surface area contributed by atoms with Gasteiger partial charge in [-0.2, -0.15) is 17.4 Å². The molecule has 0 saturated heterocycles. The molecule has 114 valence electrons. The molecule has 2 N–H and O–H groups in total. The molecular formula is C11H24N2O5S. The Morgan fingerprint density at radius 1 is 1.32 bits per heavy atom. The molecule has 0 radical (unpaired) electrons. The van der Waals surface area contributed by atoms with Gasteiger partial charge in [-0.15, -0.1) is 0 Å². The minimum absolute atomic E-state index is 0.0466. The highest BCUT2D eigenvalue weighted by Gasteiger charge is 2.22. The SMILES string of the molecule is CCCN(CCC)S(=O)(=O)NCC(CC(=O)O)OC. The quantitative estimate of drug-likeness (QED) is 0.576. The van der Waals surface area contributed by atoms with E-state index in [4.69, 9.17) is 9.84 Å². The summed E-state index contributed by atoms with van der Waals surface area (Å²) in [5, 5.41) is 8.65. The molecule has 0 aromatic carbocycles. The second-order valence-corrected chi connectivity index (χ2v) is 5.96. The van der Waals surface area contributed by atoms with Crippen molar-refractivity contribution in [1.82, 2.24) is 9.03 Å². The van der Waals surface area contributed by atoms with Gasteiger partial charge in [0.15, 0.2) is 0 Å². The normalized spacial score (nSPS) is 13.7. The molecular weight excluding hydrogens is 272 g/mol. The first kappa shape index (κ1) is 18.3. The third kappa shape index (κ3) is 7.46. The minimum atomic E-state index is -3.58.